The number of nitrogens with zero attached hydrogens (tertiary/aromatic N) is 3. The van der Waals surface area contributed by atoms with Crippen LogP contribution in [0.3, 0.4) is 0 Å². The van der Waals surface area contributed by atoms with E-state index in [1.807, 2.05) is 0 Å². The Balaban J connectivity index is 1.81. The van der Waals surface area contributed by atoms with Crippen LogP contribution in [-0.2, 0) is 9.53 Å². The molecule has 2 N–H and O–H groups in total. The van der Waals surface area contributed by atoms with Crippen molar-refractivity contribution in [2.24, 2.45) is 10.7 Å². The summed E-state index contributed by atoms with van der Waals surface area (Å²) in [7, 11) is 0. The Kier molecular flexibility index (Phi) is 5.58. The van der Waals surface area contributed by atoms with Gasteiger partial charge >= 0.3 is 0 Å². The molecule has 152 valence electrons. The maximum atomic E-state index is 14.3. The van der Waals surface area contributed by atoms with Gasteiger partial charge in [-0.1, -0.05) is 0 Å². The van der Waals surface area contributed by atoms with Crippen LogP contribution < -0.4 is 5.73 Å². The van der Waals surface area contributed by atoms with E-state index in [0.29, 0.717) is 49.2 Å². The van der Waals surface area contributed by atoms with Gasteiger partial charge in [-0.3, -0.25) is 14.8 Å². The minimum Gasteiger partial charge on any atom is -0.398 e. The second-order valence-electron chi connectivity index (χ2n) is 7.52. The molecule has 0 bridgehead atoms. The summed E-state index contributed by atoms with van der Waals surface area (Å²) < 4.78 is 19.7. The van der Waals surface area contributed by atoms with Gasteiger partial charge in [0, 0.05) is 85.4 Å². The van der Waals surface area contributed by atoms with E-state index in [1.54, 1.807) is 36.4 Å². The zero-order valence-electron chi connectivity index (χ0n) is 16.5. The van der Waals surface area contributed by atoms with Gasteiger partial charge in [0.2, 0.25) is 5.91 Å². The first-order valence-electron chi connectivity index (χ1n) is 9.96. The molecule has 0 atom stereocenters. The molecule has 2 saturated heterocycles. The van der Waals surface area contributed by atoms with Crippen LogP contribution in [0, 0.1) is 5.82 Å². The fourth-order valence-corrected chi connectivity index (χ4v) is 3.99. The molecule has 0 spiro atoms. The van der Waals surface area contributed by atoms with Crippen molar-refractivity contribution in [1.82, 2.24) is 9.88 Å². The van der Waals surface area contributed by atoms with E-state index in [1.165, 1.54) is 6.07 Å². The van der Waals surface area contributed by atoms with E-state index >= 15 is 0 Å². The van der Waals surface area contributed by atoms with Crippen molar-refractivity contribution in [3.05, 3.63) is 47.5 Å². The molecule has 2 fully saturated rings. The molecular weight excluding hydrogens is 371 g/mol. The van der Waals surface area contributed by atoms with Crippen LogP contribution in [0.4, 0.5) is 4.39 Å². The highest BCUT2D eigenvalue weighted by Crippen LogP contribution is 2.29. The second-order valence-corrected chi connectivity index (χ2v) is 7.52. The Bertz CT molecular complexity index is 995. The lowest BCUT2D eigenvalue weighted by atomic mass is 9.94. The number of fused-ring (bicyclic) bond motifs is 1. The minimum atomic E-state index is -0.311. The van der Waals surface area contributed by atoms with Gasteiger partial charge in [0.25, 0.3) is 0 Å². The molecule has 29 heavy (non-hydrogen) atoms. The zero-order valence-corrected chi connectivity index (χ0v) is 16.5. The topological polar surface area (TPSA) is 80.8 Å². The molecule has 1 aromatic heterocycles. The lowest BCUT2D eigenvalue weighted by molar-refractivity contribution is -0.128. The molecule has 2 aliphatic heterocycles. The van der Waals surface area contributed by atoms with E-state index in [9.17, 15) is 9.18 Å². The van der Waals surface area contributed by atoms with Crippen LogP contribution in [0.2, 0.25) is 0 Å². The average molecular weight is 396 g/mol. The number of rotatable bonds is 2. The fraction of sp³-hybridized carbons (Fsp3) is 0.409. The molecule has 0 saturated carbocycles. The summed E-state index contributed by atoms with van der Waals surface area (Å²) in [5.41, 5.74) is 9.65. The van der Waals surface area contributed by atoms with Gasteiger partial charge in [-0.05, 0) is 31.0 Å². The summed E-state index contributed by atoms with van der Waals surface area (Å²) >= 11 is 0. The Labute approximate surface area is 169 Å². The minimum absolute atomic E-state index is 0.00560. The quantitative estimate of drug-likeness (QED) is 0.846. The van der Waals surface area contributed by atoms with E-state index in [0.717, 1.165) is 29.7 Å². The molecule has 6 nitrogen and oxygen atoms in total. The summed E-state index contributed by atoms with van der Waals surface area (Å²) in [6, 6.07) is 4.95. The number of nitrogens with two attached hydrogens (primary N) is 1. The summed E-state index contributed by atoms with van der Waals surface area (Å²) in [5, 5.41) is 1.13. The maximum absolute atomic E-state index is 14.3. The Morgan fingerprint density at radius 3 is 2.83 bits per heavy atom. The Hall–Kier alpha value is -2.80. The monoisotopic (exact) mass is 396 g/mol. The van der Waals surface area contributed by atoms with Crippen LogP contribution in [0.1, 0.15) is 31.7 Å². The molecule has 1 amide bonds. The largest absolute Gasteiger partial charge is 0.398 e. The highest BCUT2D eigenvalue weighted by atomic mass is 19.1. The summed E-state index contributed by atoms with van der Waals surface area (Å²) in [4.78, 5) is 22.9. The first-order valence-corrected chi connectivity index (χ1v) is 9.96. The second kappa shape index (κ2) is 8.29. The van der Waals surface area contributed by atoms with Crippen LogP contribution in [-0.4, -0.2) is 53.8 Å². The third-order valence-electron chi connectivity index (χ3n) is 5.67. The number of ether oxygens (including phenoxy) is 1. The summed E-state index contributed by atoms with van der Waals surface area (Å²) in [6.45, 7) is 4.02. The Morgan fingerprint density at radius 1 is 1.28 bits per heavy atom. The molecule has 1 aromatic carbocycles. The van der Waals surface area contributed by atoms with Crippen LogP contribution >= 0.6 is 0 Å². The number of carbonyl (C=O) groups excluding carboxylic acids is 1. The fourth-order valence-electron chi connectivity index (χ4n) is 3.99. The van der Waals surface area contributed by atoms with E-state index in [2.05, 4.69) is 4.98 Å². The van der Waals surface area contributed by atoms with Crippen molar-refractivity contribution in [2.45, 2.75) is 32.2 Å². The standard InChI is InChI=1S/C22H25FN4O2/c1-14(28)27-9-5-21(26-15-6-10-29-11-7-15)19(13-27)22(24)17-2-3-20(23)16-4-8-25-12-18(16)17/h2-4,8,12,15H,5-7,9-11,13,24H2,1H3/b22-19-,26-21?. The van der Waals surface area contributed by atoms with Gasteiger partial charge < -0.3 is 15.4 Å². The number of piperidine rings is 1. The number of carbonyl (C=O) groups is 1. The van der Waals surface area contributed by atoms with E-state index in [-0.39, 0.29) is 17.8 Å². The number of aliphatic imine (C=N–C) groups is 1. The number of amides is 1. The summed E-state index contributed by atoms with van der Waals surface area (Å²) in [6.07, 6.45) is 5.62. The van der Waals surface area contributed by atoms with Gasteiger partial charge in [-0.2, -0.15) is 0 Å². The smallest absolute Gasteiger partial charge is 0.219 e. The molecule has 3 heterocycles. The number of pyridine rings is 1. The zero-order chi connectivity index (χ0) is 20.4. The van der Waals surface area contributed by atoms with Crippen molar-refractivity contribution in [1.29, 1.82) is 0 Å². The third kappa shape index (κ3) is 4.00. The van der Waals surface area contributed by atoms with Crippen LogP contribution in [0.25, 0.3) is 16.5 Å². The molecule has 0 unspecified atom stereocenters. The molecular formula is C22H25FN4O2. The van der Waals surface area contributed by atoms with Crippen molar-refractivity contribution in [3.8, 4) is 0 Å². The molecule has 2 aliphatic rings. The molecule has 2 aromatic rings. The normalized spacial score (nSPS) is 21.6. The van der Waals surface area contributed by atoms with Crippen LogP contribution in [0.5, 0.6) is 0 Å². The molecule has 0 radical (unpaired) electrons. The third-order valence-corrected chi connectivity index (χ3v) is 5.67. The predicted octanol–water partition coefficient (Wildman–Crippen LogP) is 2.92. The lowest BCUT2D eigenvalue weighted by Crippen LogP contribution is -2.40. The number of likely N-dealkylation sites (tertiary alicyclic amines) is 1. The maximum Gasteiger partial charge on any atom is 0.219 e. The number of hydrogen-bond donors (Lipinski definition) is 1. The van der Waals surface area contributed by atoms with Crippen molar-refractivity contribution >= 4 is 28.1 Å². The molecule has 0 aliphatic carbocycles. The number of aromatic nitrogens is 1. The molecule has 4 rings (SSSR count). The van der Waals surface area contributed by atoms with Crippen molar-refractivity contribution in [2.75, 3.05) is 26.3 Å². The van der Waals surface area contributed by atoms with Crippen molar-refractivity contribution < 1.29 is 13.9 Å². The van der Waals surface area contributed by atoms with Gasteiger partial charge in [-0.15, -0.1) is 0 Å². The first-order chi connectivity index (χ1) is 14.0. The van der Waals surface area contributed by atoms with Gasteiger partial charge in [0.05, 0.1) is 6.04 Å². The van der Waals surface area contributed by atoms with E-state index < -0.39 is 0 Å². The average Bonchev–Trinajstić information content (AvgIpc) is 2.75. The first kappa shape index (κ1) is 19.5. The highest BCUT2D eigenvalue weighted by Gasteiger charge is 2.26. The van der Waals surface area contributed by atoms with Crippen molar-refractivity contribution in [3.63, 3.8) is 0 Å². The predicted molar refractivity (Wildman–Crippen MR) is 111 cm³/mol. The lowest BCUT2D eigenvalue weighted by Gasteiger charge is -2.31. The van der Waals surface area contributed by atoms with Gasteiger partial charge in [0.15, 0.2) is 0 Å². The number of halogens is 1. The highest BCUT2D eigenvalue weighted by molar-refractivity contribution is 6.09. The van der Waals surface area contributed by atoms with Gasteiger partial charge in [-0.25, -0.2) is 4.39 Å². The number of benzene rings is 1. The van der Waals surface area contributed by atoms with E-state index in [4.69, 9.17) is 15.5 Å². The summed E-state index contributed by atoms with van der Waals surface area (Å²) in [5.74, 6) is -0.305. The van der Waals surface area contributed by atoms with Crippen LogP contribution in [0.15, 0.2) is 41.2 Å². The molecule has 7 heteroatoms. The SMILES string of the molecule is CC(=O)N1CCC(=NC2CCOCC2)/C(=C(\N)c2ccc(F)c3ccncc23)C1. The number of hydrogen-bond acceptors (Lipinski definition) is 5. The Morgan fingerprint density at radius 2 is 2.07 bits per heavy atom. The van der Waals surface area contributed by atoms with Gasteiger partial charge in [0.1, 0.15) is 5.82 Å².